The lowest BCUT2D eigenvalue weighted by Gasteiger charge is -2.36. The summed E-state index contributed by atoms with van der Waals surface area (Å²) in [6.07, 6.45) is 5.93. The summed E-state index contributed by atoms with van der Waals surface area (Å²) in [7, 11) is 1.80. The lowest BCUT2D eigenvalue weighted by atomic mass is 9.85. The van der Waals surface area contributed by atoms with Crippen molar-refractivity contribution in [2.75, 3.05) is 13.6 Å². The van der Waals surface area contributed by atoms with Gasteiger partial charge in [0.1, 0.15) is 6.04 Å². The molecule has 0 spiro atoms. The van der Waals surface area contributed by atoms with E-state index in [0.29, 0.717) is 24.8 Å². The smallest absolute Gasteiger partial charge is 0.326 e. The molecule has 1 N–H and O–H groups in total. The lowest BCUT2D eigenvalue weighted by molar-refractivity contribution is -0.141. The summed E-state index contributed by atoms with van der Waals surface area (Å²) in [6.45, 7) is 4.91. The number of fused-ring (bicyclic) bond motifs is 1. The first kappa shape index (κ1) is 16.1. The number of likely N-dealkylation sites (tertiary alicyclic amines) is 1. The standard InChI is InChI=1S/C16H28N2O3/c1-4-11(2)10-17(3)16(21)18-13-8-6-5-7-12(13)9-14(18)15(19)20/h11-14H,4-10H2,1-3H3,(H,19,20). The zero-order valence-corrected chi connectivity index (χ0v) is 13.4. The molecule has 0 aromatic rings. The van der Waals surface area contributed by atoms with Crippen LogP contribution < -0.4 is 0 Å². The second-order valence-corrected chi connectivity index (χ2v) is 6.79. The number of carboxylic acids is 1. The van der Waals surface area contributed by atoms with Gasteiger partial charge in [-0.15, -0.1) is 0 Å². The maximum absolute atomic E-state index is 12.8. The molecule has 2 rings (SSSR count). The van der Waals surface area contributed by atoms with E-state index in [9.17, 15) is 14.7 Å². The molecule has 5 nitrogen and oxygen atoms in total. The Morgan fingerprint density at radius 1 is 1.33 bits per heavy atom. The predicted molar refractivity (Wildman–Crippen MR) is 81.1 cm³/mol. The number of hydrogen-bond acceptors (Lipinski definition) is 2. The van der Waals surface area contributed by atoms with Crippen LogP contribution in [0, 0.1) is 11.8 Å². The van der Waals surface area contributed by atoms with E-state index < -0.39 is 12.0 Å². The molecule has 5 heteroatoms. The van der Waals surface area contributed by atoms with Gasteiger partial charge in [0.25, 0.3) is 0 Å². The van der Waals surface area contributed by atoms with E-state index >= 15 is 0 Å². The number of carbonyl (C=O) groups excluding carboxylic acids is 1. The Kier molecular flexibility index (Phi) is 5.12. The molecule has 2 fully saturated rings. The monoisotopic (exact) mass is 296 g/mol. The van der Waals surface area contributed by atoms with Crippen molar-refractivity contribution in [2.24, 2.45) is 11.8 Å². The van der Waals surface area contributed by atoms with Crippen LogP contribution in [0.3, 0.4) is 0 Å². The van der Waals surface area contributed by atoms with Gasteiger partial charge in [-0.2, -0.15) is 0 Å². The molecule has 1 aliphatic heterocycles. The molecule has 21 heavy (non-hydrogen) atoms. The summed E-state index contributed by atoms with van der Waals surface area (Å²) in [5.41, 5.74) is 0. The summed E-state index contributed by atoms with van der Waals surface area (Å²) in [4.78, 5) is 27.7. The predicted octanol–water partition coefficient (Wildman–Crippen LogP) is 2.80. The van der Waals surface area contributed by atoms with Gasteiger partial charge in [0, 0.05) is 19.6 Å². The second-order valence-electron chi connectivity index (χ2n) is 6.79. The summed E-state index contributed by atoms with van der Waals surface area (Å²) in [5, 5.41) is 9.48. The summed E-state index contributed by atoms with van der Waals surface area (Å²) >= 11 is 0. The molecule has 2 amide bonds. The van der Waals surface area contributed by atoms with Crippen molar-refractivity contribution >= 4 is 12.0 Å². The van der Waals surface area contributed by atoms with Gasteiger partial charge in [0.05, 0.1) is 0 Å². The number of nitrogens with zero attached hydrogens (tertiary/aromatic N) is 2. The zero-order valence-electron chi connectivity index (χ0n) is 13.4. The number of carbonyl (C=O) groups is 2. The van der Waals surface area contributed by atoms with E-state index in [1.165, 1.54) is 0 Å². The fraction of sp³-hybridized carbons (Fsp3) is 0.875. The van der Waals surface area contributed by atoms with Gasteiger partial charge in [0.15, 0.2) is 0 Å². The van der Waals surface area contributed by atoms with E-state index in [4.69, 9.17) is 0 Å². The Balaban J connectivity index is 2.13. The van der Waals surface area contributed by atoms with E-state index in [1.807, 2.05) is 0 Å². The number of aliphatic carboxylic acids is 1. The second kappa shape index (κ2) is 6.67. The molecule has 1 saturated heterocycles. The highest BCUT2D eigenvalue weighted by Gasteiger charge is 2.48. The van der Waals surface area contributed by atoms with Gasteiger partial charge < -0.3 is 14.9 Å². The molecule has 0 aromatic carbocycles. The van der Waals surface area contributed by atoms with Gasteiger partial charge in [-0.3, -0.25) is 0 Å². The summed E-state index contributed by atoms with van der Waals surface area (Å²) in [6, 6.07) is -0.603. The van der Waals surface area contributed by atoms with Gasteiger partial charge >= 0.3 is 12.0 Å². The SMILES string of the molecule is CCC(C)CN(C)C(=O)N1C(C(=O)O)CC2CCCCC21. The lowest BCUT2D eigenvalue weighted by Crippen LogP contribution is -2.51. The van der Waals surface area contributed by atoms with Crippen LogP contribution in [-0.2, 0) is 4.79 Å². The highest BCUT2D eigenvalue weighted by Crippen LogP contribution is 2.40. The quantitative estimate of drug-likeness (QED) is 0.867. The minimum Gasteiger partial charge on any atom is -0.480 e. The Hall–Kier alpha value is -1.26. The first-order chi connectivity index (χ1) is 9.95. The number of carboxylic acid groups (broad SMARTS) is 1. The summed E-state index contributed by atoms with van der Waals surface area (Å²) < 4.78 is 0. The van der Waals surface area contributed by atoms with Crippen LogP contribution in [-0.4, -0.2) is 52.6 Å². The maximum atomic E-state index is 12.8. The molecular formula is C16H28N2O3. The average molecular weight is 296 g/mol. The van der Waals surface area contributed by atoms with Gasteiger partial charge in [-0.1, -0.05) is 33.1 Å². The van der Waals surface area contributed by atoms with E-state index in [-0.39, 0.29) is 12.1 Å². The third-order valence-electron chi connectivity index (χ3n) is 5.20. The maximum Gasteiger partial charge on any atom is 0.326 e. The molecule has 2 aliphatic rings. The molecule has 1 heterocycles. The highest BCUT2D eigenvalue weighted by molar-refractivity contribution is 5.83. The fourth-order valence-electron chi connectivity index (χ4n) is 3.83. The number of rotatable bonds is 4. The van der Waals surface area contributed by atoms with Crippen LogP contribution in [0.5, 0.6) is 0 Å². The van der Waals surface area contributed by atoms with Crippen molar-refractivity contribution in [2.45, 2.75) is 64.5 Å². The Morgan fingerprint density at radius 3 is 2.62 bits per heavy atom. The van der Waals surface area contributed by atoms with Crippen LogP contribution in [0.2, 0.25) is 0 Å². The third kappa shape index (κ3) is 3.33. The minimum absolute atomic E-state index is 0.0999. The van der Waals surface area contributed by atoms with Gasteiger partial charge in [-0.05, 0) is 31.1 Å². The van der Waals surface area contributed by atoms with Crippen LogP contribution in [0.1, 0.15) is 52.4 Å². The van der Waals surface area contributed by atoms with Crippen molar-refractivity contribution in [3.63, 3.8) is 0 Å². The minimum atomic E-state index is -0.852. The molecule has 0 aromatic heterocycles. The Bertz CT molecular complexity index is 399. The van der Waals surface area contributed by atoms with Crippen LogP contribution in [0.25, 0.3) is 0 Å². The highest BCUT2D eigenvalue weighted by atomic mass is 16.4. The van der Waals surface area contributed by atoms with Crippen LogP contribution in [0.15, 0.2) is 0 Å². The first-order valence-electron chi connectivity index (χ1n) is 8.21. The first-order valence-corrected chi connectivity index (χ1v) is 8.21. The average Bonchev–Trinajstić information content (AvgIpc) is 2.85. The largest absolute Gasteiger partial charge is 0.480 e. The number of hydrogen-bond donors (Lipinski definition) is 1. The fourth-order valence-corrected chi connectivity index (χ4v) is 3.83. The van der Waals surface area contributed by atoms with Gasteiger partial charge in [0.2, 0.25) is 0 Å². The molecule has 1 saturated carbocycles. The molecule has 4 atom stereocenters. The van der Waals surface area contributed by atoms with Crippen LogP contribution >= 0.6 is 0 Å². The Morgan fingerprint density at radius 2 is 2.00 bits per heavy atom. The molecule has 1 aliphatic carbocycles. The van der Waals surface area contributed by atoms with E-state index in [2.05, 4.69) is 13.8 Å². The normalized spacial score (nSPS) is 29.9. The summed E-state index contributed by atoms with van der Waals surface area (Å²) in [5.74, 6) is -0.0394. The zero-order chi connectivity index (χ0) is 15.6. The molecule has 4 unspecified atom stereocenters. The van der Waals surface area contributed by atoms with E-state index in [0.717, 1.165) is 32.1 Å². The van der Waals surface area contributed by atoms with E-state index in [1.54, 1.807) is 16.8 Å². The molecule has 0 bridgehead atoms. The number of urea groups is 1. The van der Waals surface area contributed by atoms with Crippen LogP contribution in [0.4, 0.5) is 4.79 Å². The van der Waals surface area contributed by atoms with Crippen molar-refractivity contribution in [1.29, 1.82) is 0 Å². The number of amides is 2. The molecule has 0 radical (unpaired) electrons. The Labute approximate surface area is 127 Å². The third-order valence-corrected chi connectivity index (χ3v) is 5.20. The van der Waals surface area contributed by atoms with Crippen molar-refractivity contribution in [1.82, 2.24) is 9.80 Å². The van der Waals surface area contributed by atoms with Gasteiger partial charge in [-0.25, -0.2) is 9.59 Å². The van der Waals surface area contributed by atoms with Crippen molar-refractivity contribution < 1.29 is 14.7 Å². The molecule has 120 valence electrons. The van der Waals surface area contributed by atoms with Crippen molar-refractivity contribution in [3.05, 3.63) is 0 Å². The molecular weight excluding hydrogens is 268 g/mol. The van der Waals surface area contributed by atoms with Crippen molar-refractivity contribution in [3.8, 4) is 0 Å². The topological polar surface area (TPSA) is 60.9 Å².